The quantitative estimate of drug-likeness (QED) is 0.195. The average molecular weight is 599 g/mol. The van der Waals surface area contributed by atoms with E-state index in [1.807, 2.05) is 79.9 Å². The third-order valence-electron chi connectivity index (χ3n) is 7.51. The Hall–Kier alpha value is -3.63. The van der Waals surface area contributed by atoms with Crippen molar-refractivity contribution in [1.82, 2.24) is 9.62 Å². The molecule has 3 unspecified atom stereocenters. The molecule has 1 saturated heterocycles. The summed E-state index contributed by atoms with van der Waals surface area (Å²) in [4.78, 5) is 2.42. The maximum Gasteiger partial charge on any atom is 0.240 e. The van der Waals surface area contributed by atoms with Crippen LogP contribution in [0.1, 0.15) is 41.1 Å². The smallest absolute Gasteiger partial charge is 0.240 e. The molecular formula is C35H38N2O5S. The van der Waals surface area contributed by atoms with Crippen molar-refractivity contribution < 1.29 is 23.0 Å². The van der Waals surface area contributed by atoms with Crippen LogP contribution in [0.2, 0.25) is 0 Å². The Kier molecular flexibility index (Phi) is 10.2. The summed E-state index contributed by atoms with van der Waals surface area (Å²) in [5, 5.41) is 9.48. The van der Waals surface area contributed by atoms with Gasteiger partial charge in [0.25, 0.3) is 0 Å². The normalized spacial score (nSPS) is 18.9. The number of ether oxygens (including phenoxy) is 2. The van der Waals surface area contributed by atoms with E-state index >= 15 is 0 Å². The third-order valence-corrected chi connectivity index (χ3v) is 8.93. The molecule has 0 bridgehead atoms. The molecule has 0 amide bonds. The summed E-state index contributed by atoms with van der Waals surface area (Å²) < 4.78 is 41.2. The fourth-order valence-electron chi connectivity index (χ4n) is 5.26. The highest BCUT2D eigenvalue weighted by atomic mass is 32.2. The van der Waals surface area contributed by atoms with Gasteiger partial charge in [0.2, 0.25) is 10.0 Å². The van der Waals surface area contributed by atoms with E-state index in [4.69, 9.17) is 9.47 Å². The third kappa shape index (κ3) is 8.06. The topological polar surface area (TPSA) is 88.1 Å². The van der Waals surface area contributed by atoms with E-state index in [9.17, 15) is 13.5 Å². The van der Waals surface area contributed by atoms with Crippen LogP contribution in [0.25, 0.3) is 11.1 Å². The molecule has 1 aliphatic rings. The van der Waals surface area contributed by atoms with Crippen LogP contribution >= 0.6 is 0 Å². The standard InChI is InChI=1S/C35H38N2O5S/c1-3-19-37(2)24-32-22-34(28-17-15-26(25-38)16-18-28)42-35(41-32)31-12-8-11-30(21-31)29-10-7-9-27(20-29)23-36-43(39,40)33-13-5-4-6-14-33/h3-18,20-21,32,34-36,38H,1,19,22-25H2,2H3. The molecule has 224 valence electrons. The number of likely N-dealkylation sites (N-methyl/N-ethyl adjacent to an activating group) is 1. The Balaban J connectivity index is 1.35. The molecule has 0 radical (unpaired) electrons. The lowest BCUT2D eigenvalue weighted by molar-refractivity contribution is -0.252. The highest BCUT2D eigenvalue weighted by molar-refractivity contribution is 7.89. The Labute approximate surface area is 254 Å². The minimum absolute atomic E-state index is 0.000589. The van der Waals surface area contributed by atoms with Crippen LogP contribution in [0, 0.1) is 0 Å². The summed E-state index contributed by atoms with van der Waals surface area (Å²) >= 11 is 0. The molecule has 0 aromatic heterocycles. The Bertz CT molecular complexity index is 1610. The van der Waals surface area contributed by atoms with Crippen molar-refractivity contribution >= 4 is 10.0 Å². The van der Waals surface area contributed by atoms with Gasteiger partial charge in [-0.05, 0) is 59.1 Å². The Morgan fingerprint density at radius 3 is 2.33 bits per heavy atom. The van der Waals surface area contributed by atoms with Gasteiger partial charge >= 0.3 is 0 Å². The van der Waals surface area contributed by atoms with Gasteiger partial charge in [0.05, 0.1) is 23.7 Å². The minimum atomic E-state index is -3.61. The van der Waals surface area contributed by atoms with Crippen LogP contribution in [0.3, 0.4) is 0 Å². The minimum Gasteiger partial charge on any atom is -0.392 e. The fraction of sp³-hybridized carbons (Fsp3) is 0.257. The average Bonchev–Trinajstić information content (AvgIpc) is 3.04. The van der Waals surface area contributed by atoms with E-state index in [2.05, 4.69) is 22.3 Å². The number of aliphatic hydroxyl groups excluding tert-OH is 1. The molecule has 4 aromatic carbocycles. The zero-order chi connectivity index (χ0) is 30.2. The summed E-state index contributed by atoms with van der Waals surface area (Å²) in [6, 6.07) is 32.2. The van der Waals surface area contributed by atoms with Gasteiger partial charge in [0.1, 0.15) is 0 Å². The van der Waals surface area contributed by atoms with Crippen LogP contribution in [-0.4, -0.2) is 44.7 Å². The predicted octanol–water partition coefficient (Wildman–Crippen LogP) is 5.99. The van der Waals surface area contributed by atoms with Gasteiger partial charge in [-0.15, -0.1) is 6.58 Å². The fourth-order valence-corrected chi connectivity index (χ4v) is 6.30. The van der Waals surface area contributed by atoms with E-state index in [-0.39, 0.29) is 30.3 Å². The van der Waals surface area contributed by atoms with Crippen LogP contribution < -0.4 is 4.72 Å². The SMILES string of the molecule is C=CCN(C)CC1CC(c2ccc(CO)cc2)OC(c2cccc(-c3cccc(CNS(=O)(=O)c4ccccc4)c3)c2)O1. The molecule has 0 aliphatic carbocycles. The summed E-state index contributed by atoms with van der Waals surface area (Å²) in [5.74, 6) is 0. The molecule has 43 heavy (non-hydrogen) atoms. The second-order valence-electron chi connectivity index (χ2n) is 10.8. The maximum atomic E-state index is 12.7. The number of sulfonamides is 1. The van der Waals surface area contributed by atoms with Gasteiger partial charge in [0, 0.05) is 31.6 Å². The number of hydrogen-bond donors (Lipinski definition) is 2. The summed E-state index contributed by atoms with van der Waals surface area (Å²) in [6.07, 6.45) is 1.79. The first-order valence-corrected chi connectivity index (χ1v) is 15.9. The van der Waals surface area contributed by atoms with Gasteiger partial charge < -0.3 is 19.5 Å². The van der Waals surface area contributed by atoms with Crippen LogP contribution in [0.5, 0.6) is 0 Å². The first-order chi connectivity index (χ1) is 20.8. The number of nitrogens with zero attached hydrogens (tertiary/aromatic N) is 1. The molecule has 4 aromatic rings. The monoisotopic (exact) mass is 598 g/mol. The van der Waals surface area contributed by atoms with Crippen molar-refractivity contribution in [3.8, 4) is 11.1 Å². The lowest BCUT2D eigenvalue weighted by Gasteiger charge is -2.37. The first-order valence-electron chi connectivity index (χ1n) is 14.4. The van der Waals surface area contributed by atoms with Gasteiger partial charge in [-0.25, -0.2) is 13.1 Å². The molecule has 8 heteroatoms. The van der Waals surface area contributed by atoms with Crippen molar-refractivity contribution in [2.75, 3.05) is 20.1 Å². The molecular weight excluding hydrogens is 560 g/mol. The maximum absolute atomic E-state index is 12.7. The number of benzene rings is 4. The van der Waals surface area contributed by atoms with Gasteiger partial charge in [-0.3, -0.25) is 0 Å². The first kappa shape index (κ1) is 30.8. The number of rotatable bonds is 12. The van der Waals surface area contributed by atoms with E-state index in [1.54, 1.807) is 30.3 Å². The molecule has 7 nitrogen and oxygen atoms in total. The Morgan fingerprint density at radius 2 is 1.60 bits per heavy atom. The molecule has 3 atom stereocenters. The number of hydrogen-bond acceptors (Lipinski definition) is 6. The predicted molar refractivity (Wildman–Crippen MR) is 168 cm³/mol. The molecule has 0 saturated carbocycles. The second kappa shape index (κ2) is 14.2. The second-order valence-corrected chi connectivity index (χ2v) is 12.6. The van der Waals surface area contributed by atoms with E-state index < -0.39 is 16.3 Å². The van der Waals surface area contributed by atoms with Gasteiger partial charge in [-0.2, -0.15) is 0 Å². The molecule has 5 rings (SSSR count). The highest BCUT2D eigenvalue weighted by Gasteiger charge is 2.32. The lowest BCUT2D eigenvalue weighted by atomic mass is 9.98. The lowest BCUT2D eigenvalue weighted by Crippen LogP contribution is -2.37. The highest BCUT2D eigenvalue weighted by Crippen LogP contribution is 2.39. The van der Waals surface area contributed by atoms with Crippen molar-refractivity contribution in [1.29, 1.82) is 0 Å². The Morgan fingerprint density at radius 1 is 0.884 bits per heavy atom. The molecule has 2 N–H and O–H groups in total. The molecule has 1 heterocycles. The summed E-state index contributed by atoms with van der Waals surface area (Å²) in [5.41, 5.74) is 5.60. The zero-order valence-electron chi connectivity index (χ0n) is 24.3. The van der Waals surface area contributed by atoms with Crippen LogP contribution in [-0.2, 0) is 32.6 Å². The van der Waals surface area contributed by atoms with Crippen molar-refractivity contribution in [2.24, 2.45) is 0 Å². The van der Waals surface area contributed by atoms with Gasteiger partial charge in [-0.1, -0.05) is 84.9 Å². The summed E-state index contributed by atoms with van der Waals surface area (Å²) in [6.45, 7) is 5.52. The van der Waals surface area contributed by atoms with E-state index in [0.29, 0.717) is 6.42 Å². The van der Waals surface area contributed by atoms with Crippen molar-refractivity contribution in [3.63, 3.8) is 0 Å². The van der Waals surface area contributed by atoms with Crippen LogP contribution in [0.15, 0.2) is 121 Å². The van der Waals surface area contributed by atoms with E-state index in [1.165, 1.54) is 0 Å². The molecule has 1 aliphatic heterocycles. The number of aliphatic hydroxyl groups is 1. The van der Waals surface area contributed by atoms with Crippen molar-refractivity contribution in [2.45, 2.75) is 43.0 Å². The summed E-state index contributed by atoms with van der Waals surface area (Å²) in [7, 11) is -1.56. The van der Waals surface area contributed by atoms with Crippen LogP contribution in [0.4, 0.5) is 0 Å². The largest absolute Gasteiger partial charge is 0.392 e. The number of nitrogens with one attached hydrogen (secondary N) is 1. The van der Waals surface area contributed by atoms with E-state index in [0.717, 1.165) is 46.5 Å². The molecule has 0 spiro atoms. The zero-order valence-corrected chi connectivity index (χ0v) is 25.1. The molecule has 1 fully saturated rings. The van der Waals surface area contributed by atoms with Crippen molar-refractivity contribution in [3.05, 3.63) is 138 Å². The van der Waals surface area contributed by atoms with Gasteiger partial charge in [0.15, 0.2) is 6.29 Å².